The van der Waals surface area contributed by atoms with E-state index in [-0.39, 0.29) is 18.4 Å². The van der Waals surface area contributed by atoms with Gasteiger partial charge in [-0.15, -0.1) is 0 Å². The predicted octanol–water partition coefficient (Wildman–Crippen LogP) is 3.76. The zero-order valence-corrected chi connectivity index (χ0v) is 16.1. The van der Waals surface area contributed by atoms with Crippen LogP contribution in [0.3, 0.4) is 0 Å². The van der Waals surface area contributed by atoms with Gasteiger partial charge >= 0.3 is 0 Å². The van der Waals surface area contributed by atoms with Gasteiger partial charge in [0.25, 0.3) is 0 Å². The van der Waals surface area contributed by atoms with E-state index in [1.165, 1.54) is 11.0 Å². The minimum Gasteiger partial charge on any atom is -0.494 e. The molecular weight excluding hydrogens is 340 g/mol. The van der Waals surface area contributed by atoms with Crippen molar-refractivity contribution >= 4 is 23.6 Å². The Bertz CT molecular complexity index is 797. The highest BCUT2D eigenvalue weighted by Crippen LogP contribution is 2.15. The average molecular weight is 366 g/mol. The second kappa shape index (κ2) is 10.2. The molecule has 0 heterocycles. The molecule has 5 nitrogen and oxygen atoms in total. The first-order valence-electron chi connectivity index (χ1n) is 9.07. The molecule has 0 aliphatic carbocycles. The number of amides is 2. The van der Waals surface area contributed by atoms with Crippen molar-refractivity contribution in [2.75, 3.05) is 25.5 Å². The first kappa shape index (κ1) is 20.2. The molecule has 27 heavy (non-hydrogen) atoms. The number of likely N-dealkylation sites (N-methyl/N-ethyl adjacent to an activating group) is 1. The highest BCUT2D eigenvalue weighted by atomic mass is 16.5. The zero-order valence-electron chi connectivity index (χ0n) is 16.1. The van der Waals surface area contributed by atoms with E-state index in [0.29, 0.717) is 6.61 Å². The maximum absolute atomic E-state index is 12.2. The molecule has 2 amide bonds. The fourth-order valence-corrected chi connectivity index (χ4v) is 2.57. The molecule has 0 aromatic heterocycles. The van der Waals surface area contributed by atoms with Gasteiger partial charge in [-0.1, -0.05) is 37.3 Å². The number of rotatable bonds is 8. The largest absolute Gasteiger partial charge is 0.494 e. The topological polar surface area (TPSA) is 58.6 Å². The molecule has 2 aromatic carbocycles. The standard InChI is InChI=1S/C22H26N2O3/c1-4-18-8-6-7-9-20(18)23-21(25)16-24(3)22(26)15-12-17-10-13-19(14-11-17)27-5-2/h6-15H,4-5,16H2,1-3H3,(H,23,25)/b15-12+. The molecule has 0 radical (unpaired) electrons. The maximum atomic E-state index is 12.2. The number of nitrogens with one attached hydrogen (secondary N) is 1. The van der Waals surface area contributed by atoms with Gasteiger partial charge in [0.05, 0.1) is 13.2 Å². The fraction of sp³-hybridized carbons (Fsp3) is 0.273. The van der Waals surface area contributed by atoms with Crippen LogP contribution in [-0.4, -0.2) is 36.9 Å². The van der Waals surface area contributed by atoms with E-state index >= 15 is 0 Å². The third-order valence-corrected chi connectivity index (χ3v) is 4.04. The van der Waals surface area contributed by atoms with Gasteiger partial charge in [-0.3, -0.25) is 9.59 Å². The summed E-state index contributed by atoms with van der Waals surface area (Å²) in [5.41, 5.74) is 2.74. The Morgan fingerprint density at radius 1 is 1.07 bits per heavy atom. The molecule has 0 fully saturated rings. The van der Waals surface area contributed by atoms with Crippen molar-refractivity contribution in [3.05, 3.63) is 65.7 Å². The van der Waals surface area contributed by atoms with Crippen LogP contribution in [-0.2, 0) is 16.0 Å². The number of hydrogen-bond donors (Lipinski definition) is 1. The summed E-state index contributed by atoms with van der Waals surface area (Å²) < 4.78 is 5.39. The highest BCUT2D eigenvalue weighted by Gasteiger charge is 2.11. The summed E-state index contributed by atoms with van der Waals surface area (Å²) in [6, 6.07) is 15.1. The van der Waals surface area contributed by atoms with Gasteiger partial charge in [-0.25, -0.2) is 0 Å². The lowest BCUT2D eigenvalue weighted by molar-refractivity contribution is -0.129. The lowest BCUT2D eigenvalue weighted by atomic mass is 10.1. The van der Waals surface area contributed by atoms with Crippen LogP contribution >= 0.6 is 0 Å². The normalized spacial score (nSPS) is 10.6. The fourth-order valence-electron chi connectivity index (χ4n) is 2.57. The summed E-state index contributed by atoms with van der Waals surface area (Å²) in [7, 11) is 1.61. The molecule has 5 heteroatoms. The van der Waals surface area contributed by atoms with Crippen molar-refractivity contribution < 1.29 is 14.3 Å². The highest BCUT2D eigenvalue weighted by molar-refractivity contribution is 5.98. The number of carbonyl (C=O) groups is 2. The summed E-state index contributed by atoms with van der Waals surface area (Å²) in [5, 5.41) is 2.87. The number of carbonyl (C=O) groups excluding carboxylic acids is 2. The Labute approximate surface area is 160 Å². The van der Waals surface area contributed by atoms with Gasteiger partial charge in [0.1, 0.15) is 5.75 Å². The van der Waals surface area contributed by atoms with E-state index in [2.05, 4.69) is 5.32 Å². The third kappa shape index (κ3) is 6.29. The number of nitrogens with zero attached hydrogens (tertiary/aromatic N) is 1. The molecule has 0 saturated carbocycles. The van der Waals surface area contributed by atoms with Crippen LogP contribution in [0.25, 0.3) is 6.08 Å². The van der Waals surface area contributed by atoms with Crippen molar-refractivity contribution in [3.63, 3.8) is 0 Å². The Hall–Kier alpha value is -3.08. The lowest BCUT2D eigenvalue weighted by Gasteiger charge is -2.16. The number of hydrogen-bond acceptors (Lipinski definition) is 3. The molecule has 0 bridgehead atoms. The quantitative estimate of drug-likeness (QED) is 0.724. The van der Waals surface area contributed by atoms with Gasteiger partial charge in [0.15, 0.2) is 0 Å². The van der Waals surface area contributed by atoms with Crippen molar-refractivity contribution in [2.24, 2.45) is 0 Å². The first-order valence-corrected chi connectivity index (χ1v) is 9.07. The minimum absolute atomic E-state index is 0.00942. The van der Waals surface area contributed by atoms with Crippen LogP contribution in [0.2, 0.25) is 0 Å². The maximum Gasteiger partial charge on any atom is 0.246 e. The molecule has 0 saturated heterocycles. The van der Waals surface area contributed by atoms with Gasteiger partial charge in [-0.05, 0) is 48.7 Å². The van der Waals surface area contributed by atoms with Crippen LogP contribution in [0.4, 0.5) is 5.69 Å². The molecular formula is C22H26N2O3. The monoisotopic (exact) mass is 366 g/mol. The molecule has 0 aliphatic heterocycles. The Morgan fingerprint density at radius 3 is 2.44 bits per heavy atom. The van der Waals surface area contributed by atoms with Crippen LogP contribution in [0.15, 0.2) is 54.6 Å². The summed E-state index contributed by atoms with van der Waals surface area (Å²) in [6.45, 7) is 4.57. The minimum atomic E-state index is -0.234. The van der Waals surface area contributed by atoms with Gasteiger partial charge in [0.2, 0.25) is 11.8 Å². The van der Waals surface area contributed by atoms with Crippen LogP contribution < -0.4 is 10.1 Å². The van der Waals surface area contributed by atoms with E-state index in [1.54, 1.807) is 13.1 Å². The lowest BCUT2D eigenvalue weighted by Crippen LogP contribution is -2.34. The second-order valence-electron chi connectivity index (χ2n) is 6.09. The number of ether oxygens (including phenoxy) is 1. The molecule has 2 aromatic rings. The average Bonchev–Trinajstić information content (AvgIpc) is 2.67. The first-order chi connectivity index (χ1) is 13.0. The number of para-hydroxylation sites is 1. The third-order valence-electron chi connectivity index (χ3n) is 4.04. The molecule has 0 spiro atoms. The van der Waals surface area contributed by atoms with E-state index in [0.717, 1.165) is 29.0 Å². The van der Waals surface area contributed by atoms with Gasteiger partial charge in [-0.2, -0.15) is 0 Å². The summed E-state index contributed by atoms with van der Waals surface area (Å²) >= 11 is 0. The van der Waals surface area contributed by atoms with Crippen molar-refractivity contribution in [3.8, 4) is 5.75 Å². The SMILES string of the molecule is CCOc1ccc(/C=C/C(=O)N(C)CC(=O)Nc2ccccc2CC)cc1. The van der Waals surface area contributed by atoms with Crippen LogP contribution in [0.1, 0.15) is 25.0 Å². The van der Waals surface area contributed by atoms with Crippen molar-refractivity contribution in [2.45, 2.75) is 20.3 Å². The van der Waals surface area contributed by atoms with Crippen LogP contribution in [0.5, 0.6) is 5.75 Å². The Balaban J connectivity index is 1.89. The van der Waals surface area contributed by atoms with Gasteiger partial charge in [0, 0.05) is 18.8 Å². The molecule has 142 valence electrons. The summed E-state index contributed by atoms with van der Waals surface area (Å²) in [4.78, 5) is 25.8. The predicted molar refractivity (Wildman–Crippen MR) is 109 cm³/mol. The molecule has 1 N–H and O–H groups in total. The van der Waals surface area contributed by atoms with Crippen LogP contribution in [0, 0.1) is 0 Å². The Morgan fingerprint density at radius 2 is 1.78 bits per heavy atom. The number of anilines is 1. The zero-order chi connectivity index (χ0) is 19.6. The van der Waals surface area contributed by atoms with Crippen molar-refractivity contribution in [1.29, 1.82) is 0 Å². The molecule has 0 unspecified atom stereocenters. The van der Waals surface area contributed by atoms with E-state index in [4.69, 9.17) is 4.74 Å². The summed E-state index contributed by atoms with van der Waals surface area (Å²) in [6.07, 6.45) is 4.01. The van der Waals surface area contributed by atoms with Crippen molar-refractivity contribution in [1.82, 2.24) is 4.90 Å². The molecule has 0 atom stereocenters. The second-order valence-corrected chi connectivity index (χ2v) is 6.09. The van der Waals surface area contributed by atoms with E-state index < -0.39 is 0 Å². The summed E-state index contributed by atoms with van der Waals surface area (Å²) in [5.74, 6) is 0.339. The number of aryl methyl sites for hydroxylation is 1. The molecule has 0 aliphatic rings. The molecule has 2 rings (SSSR count). The van der Waals surface area contributed by atoms with Gasteiger partial charge < -0.3 is 15.0 Å². The van der Waals surface area contributed by atoms with E-state index in [9.17, 15) is 9.59 Å². The Kier molecular flexibility index (Phi) is 7.62. The number of benzene rings is 2. The smallest absolute Gasteiger partial charge is 0.246 e. The van der Waals surface area contributed by atoms with E-state index in [1.807, 2.05) is 62.4 Å².